The molecular weight excluding hydrogens is 409 g/mol. The van der Waals surface area contributed by atoms with Crippen LogP contribution in [-0.4, -0.2) is 27.3 Å². The molecule has 0 unspecified atom stereocenters. The number of ether oxygens (including phenoxy) is 1. The number of halogens is 3. The Kier molecular flexibility index (Phi) is 5.78. The standard InChI is InChI=1S/C18H15F3N4O3S/c1-10(11-5-7-12(8-6-11)28-18(19,20)21)22-15(26)9-25-17(27)13-3-2-4-14(29)16(13)23-24-25/h2-8,10,29H,9H2,1H3,(H,22,26)/t10-/m0/s1. The highest BCUT2D eigenvalue weighted by Gasteiger charge is 2.31. The maximum absolute atomic E-state index is 12.5. The summed E-state index contributed by atoms with van der Waals surface area (Å²) in [6.07, 6.45) is -4.77. The van der Waals surface area contributed by atoms with Gasteiger partial charge >= 0.3 is 6.36 Å². The molecule has 1 amide bonds. The average Bonchev–Trinajstić information content (AvgIpc) is 2.64. The van der Waals surface area contributed by atoms with Crippen molar-refractivity contribution in [1.29, 1.82) is 0 Å². The van der Waals surface area contributed by atoms with Crippen LogP contribution in [0.15, 0.2) is 52.2 Å². The molecular formula is C18H15F3N4O3S. The second-order valence-electron chi connectivity index (χ2n) is 6.13. The Balaban J connectivity index is 1.68. The average molecular weight is 424 g/mol. The van der Waals surface area contributed by atoms with Gasteiger partial charge in [0.2, 0.25) is 5.91 Å². The van der Waals surface area contributed by atoms with E-state index in [2.05, 4.69) is 33.0 Å². The first-order chi connectivity index (χ1) is 13.6. The van der Waals surface area contributed by atoms with Crippen LogP contribution in [0.2, 0.25) is 0 Å². The van der Waals surface area contributed by atoms with Crippen LogP contribution in [0.3, 0.4) is 0 Å². The molecule has 1 N–H and O–H groups in total. The third kappa shape index (κ3) is 5.05. The molecule has 0 bridgehead atoms. The molecule has 0 spiro atoms. The van der Waals surface area contributed by atoms with Crippen molar-refractivity contribution in [2.24, 2.45) is 0 Å². The highest BCUT2D eigenvalue weighted by Crippen LogP contribution is 2.24. The second-order valence-corrected chi connectivity index (χ2v) is 6.61. The fraction of sp³-hybridized carbons (Fsp3) is 0.222. The minimum Gasteiger partial charge on any atom is -0.406 e. The number of hydrogen-bond donors (Lipinski definition) is 2. The van der Waals surface area contributed by atoms with Crippen molar-refractivity contribution in [2.45, 2.75) is 30.8 Å². The summed E-state index contributed by atoms with van der Waals surface area (Å²) in [5.41, 5.74) is 0.416. The predicted octanol–water partition coefficient (Wildman–Crippen LogP) is 2.86. The third-order valence-corrected chi connectivity index (χ3v) is 4.38. The van der Waals surface area contributed by atoms with Gasteiger partial charge in [-0.2, -0.15) is 0 Å². The molecule has 3 aromatic rings. The smallest absolute Gasteiger partial charge is 0.406 e. The normalized spacial score (nSPS) is 12.6. The first-order valence-corrected chi connectivity index (χ1v) is 8.79. The van der Waals surface area contributed by atoms with E-state index in [0.717, 1.165) is 16.8 Å². The summed E-state index contributed by atoms with van der Waals surface area (Å²) in [7, 11) is 0. The van der Waals surface area contributed by atoms with Gasteiger partial charge in [-0.05, 0) is 36.8 Å². The Morgan fingerprint density at radius 2 is 1.93 bits per heavy atom. The summed E-state index contributed by atoms with van der Waals surface area (Å²) >= 11 is 4.22. The number of aromatic nitrogens is 3. The van der Waals surface area contributed by atoms with Gasteiger partial charge in [0.25, 0.3) is 5.56 Å². The lowest BCUT2D eigenvalue weighted by atomic mass is 10.1. The number of carbonyl (C=O) groups is 1. The van der Waals surface area contributed by atoms with Gasteiger partial charge in [0.05, 0.1) is 11.4 Å². The van der Waals surface area contributed by atoms with Gasteiger partial charge in [-0.25, -0.2) is 4.68 Å². The number of fused-ring (bicyclic) bond motifs is 1. The summed E-state index contributed by atoms with van der Waals surface area (Å²) < 4.78 is 41.4. The third-order valence-electron chi connectivity index (χ3n) is 4.02. The molecule has 11 heteroatoms. The first-order valence-electron chi connectivity index (χ1n) is 8.34. The van der Waals surface area contributed by atoms with Gasteiger partial charge in [-0.15, -0.1) is 30.9 Å². The van der Waals surface area contributed by atoms with Gasteiger partial charge in [-0.1, -0.05) is 23.4 Å². The molecule has 0 saturated carbocycles. The quantitative estimate of drug-likeness (QED) is 0.616. The van der Waals surface area contributed by atoms with Crippen molar-refractivity contribution in [3.05, 3.63) is 58.4 Å². The lowest BCUT2D eigenvalue weighted by molar-refractivity contribution is -0.274. The van der Waals surface area contributed by atoms with Crippen LogP contribution in [0, 0.1) is 0 Å². The van der Waals surface area contributed by atoms with Crippen LogP contribution in [-0.2, 0) is 11.3 Å². The van der Waals surface area contributed by atoms with Crippen molar-refractivity contribution in [1.82, 2.24) is 20.3 Å². The molecule has 0 radical (unpaired) electrons. The van der Waals surface area contributed by atoms with Gasteiger partial charge in [-0.3, -0.25) is 9.59 Å². The summed E-state index contributed by atoms with van der Waals surface area (Å²) in [5, 5.41) is 10.6. The van der Waals surface area contributed by atoms with Gasteiger partial charge in [0.1, 0.15) is 17.8 Å². The summed E-state index contributed by atoms with van der Waals surface area (Å²) in [6.45, 7) is 1.29. The molecule has 0 saturated heterocycles. The van der Waals surface area contributed by atoms with E-state index in [0.29, 0.717) is 16.0 Å². The van der Waals surface area contributed by atoms with E-state index in [1.807, 2.05) is 0 Å². The molecule has 0 aliphatic heterocycles. The fourth-order valence-electron chi connectivity index (χ4n) is 2.66. The van der Waals surface area contributed by atoms with Crippen molar-refractivity contribution in [2.75, 3.05) is 0 Å². The zero-order valence-electron chi connectivity index (χ0n) is 15.0. The number of amides is 1. The number of nitrogens with zero attached hydrogens (tertiary/aromatic N) is 3. The maximum Gasteiger partial charge on any atom is 0.573 e. The van der Waals surface area contributed by atoms with Crippen LogP contribution in [0.5, 0.6) is 5.75 Å². The van der Waals surface area contributed by atoms with Gasteiger partial charge in [0, 0.05) is 4.90 Å². The lowest BCUT2D eigenvalue weighted by Gasteiger charge is -2.15. The number of carbonyl (C=O) groups excluding carboxylic acids is 1. The van der Waals surface area contributed by atoms with E-state index in [1.54, 1.807) is 25.1 Å². The molecule has 152 valence electrons. The van der Waals surface area contributed by atoms with Crippen molar-refractivity contribution in [3.8, 4) is 5.75 Å². The van der Waals surface area contributed by atoms with E-state index in [4.69, 9.17) is 0 Å². The highest BCUT2D eigenvalue weighted by molar-refractivity contribution is 7.80. The Labute approximate surface area is 167 Å². The number of benzene rings is 2. The Morgan fingerprint density at radius 1 is 1.24 bits per heavy atom. The molecule has 0 aliphatic carbocycles. The largest absolute Gasteiger partial charge is 0.573 e. The van der Waals surface area contributed by atoms with Gasteiger partial charge in [0.15, 0.2) is 0 Å². The summed E-state index contributed by atoms with van der Waals surface area (Å²) in [5.74, 6) is -0.868. The van der Waals surface area contributed by atoms with E-state index < -0.39 is 23.9 Å². The number of thiol groups is 1. The molecule has 0 fully saturated rings. The monoisotopic (exact) mass is 424 g/mol. The number of hydrogen-bond acceptors (Lipinski definition) is 6. The van der Waals surface area contributed by atoms with Crippen molar-refractivity contribution >= 4 is 29.4 Å². The van der Waals surface area contributed by atoms with Crippen LogP contribution in [0.1, 0.15) is 18.5 Å². The lowest BCUT2D eigenvalue weighted by Crippen LogP contribution is -2.35. The van der Waals surface area contributed by atoms with Crippen LogP contribution < -0.4 is 15.6 Å². The number of alkyl halides is 3. The number of nitrogens with one attached hydrogen (secondary N) is 1. The molecule has 0 aliphatic rings. The molecule has 29 heavy (non-hydrogen) atoms. The Bertz CT molecular complexity index is 1100. The molecule has 2 aromatic carbocycles. The van der Waals surface area contributed by atoms with Crippen LogP contribution in [0.25, 0.3) is 10.9 Å². The zero-order valence-corrected chi connectivity index (χ0v) is 15.9. The second kappa shape index (κ2) is 8.11. The van der Waals surface area contributed by atoms with E-state index in [-0.39, 0.29) is 17.7 Å². The van der Waals surface area contributed by atoms with E-state index in [1.165, 1.54) is 12.1 Å². The van der Waals surface area contributed by atoms with Gasteiger partial charge < -0.3 is 10.1 Å². The Morgan fingerprint density at radius 3 is 2.59 bits per heavy atom. The van der Waals surface area contributed by atoms with E-state index in [9.17, 15) is 22.8 Å². The molecule has 1 heterocycles. The Hall–Kier alpha value is -3.08. The van der Waals surface area contributed by atoms with Crippen molar-refractivity contribution in [3.63, 3.8) is 0 Å². The SMILES string of the molecule is C[C@H](NC(=O)Cn1nnc2c(S)cccc2c1=O)c1ccc(OC(F)(F)F)cc1. The minimum absolute atomic E-state index is 0.286. The summed E-state index contributed by atoms with van der Waals surface area (Å²) in [6, 6.07) is 9.48. The number of rotatable bonds is 5. The first kappa shape index (κ1) is 20.6. The van der Waals surface area contributed by atoms with E-state index >= 15 is 0 Å². The minimum atomic E-state index is -4.77. The van der Waals surface area contributed by atoms with Crippen LogP contribution in [0.4, 0.5) is 13.2 Å². The molecule has 3 rings (SSSR count). The van der Waals surface area contributed by atoms with Crippen molar-refractivity contribution < 1.29 is 22.7 Å². The fourth-order valence-corrected chi connectivity index (χ4v) is 2.91. The molecule has 7 nitrogen and oxygen atoms in total. The topological polar surface area (TPSA) is 86.1 Å². The molecule has 1 atom stereocenters. The highest BCUT2D eigenvalue weighted by atomic mass is 32.1. The predicted molar refractivity (Wildman–Crippen MR) is 101 cm³/mol. The van der Waals surface area contributed by atoms with Crippen LogP contribution >= 0.6 is 12.6 Å². The maximum atomic E-state index is 12.5. The summed E-state index contributed by atoms with van der Waals surface area (Å²) in [4.78, 5) is 25.2. The zero-order chi connectivity index (χ0) is 21.2. The molecule has 1 aromatic heterocycles.